The fourth-order valence-corrected chi connectivity index (χ4v) is 2.07. The van der Waals surface area contributed by atoms with Crippen LogP contribution in [0.4, 0.5) is 0 Å². The topological polar surface area (TPSA) is 62.1 Å². The fraction of sp³-hybridized carbons (Fsp3) is 0.176. The molecular weight excluding hydrogens is 344 g/mol. The lowest BCUT2D eigenvalue weighted by Gasteiger charge is -2.14. The van der Waals surface area contributed by atoms with Gasteiger partial charge in [-0.3, -0.25) is 4.79 Å². The summed E-state index contributed by atoms with van der Waals surface area (Å²) >= 11 is 3.35. The van der Waals surface area contributed by atoms with Crippen molar-refractivity contribution in [1.82, 2.24) is 5.32 Å². The van der Waals surface area contributed by atoms with Crippen LogP contribution in [-0.2, 0) is 11.3 Å². The molecule has 0 spiro atoms. The van der Waals surface area contributed by atoms with Gasteiger partial charge in [0.25, 0.3) is 5.91 Å². The summed E-state index contributed by atoms with van der Waals surface area (Å²) < 4.78 is 6.54. The first-order valence-electron chi connectivity index (χ1n) is 6.77. The smallest absolute Gasteiger partial charge is 0.261 e. The lowest BCUT2D eigenvalue weighted by Crippen LogP contribution is -2.35. The molecule has 5 heteroatoms. The van der Waals surface area contributed by atoms with E-state index in [0.717, 1.165) is 10.0 Å². The van der Waals surface area contributed by atoms with Gasteiger partial charge in [0.2, 0.25) is 0 Å². The van der Waals surface area contributed by atoms with Gasteiger partial charge in [-0.05, 0) is 48.9 Å². The Labute approximate surface area is 137 Å². The van der Waals surface area contributed by atoms with Crippen LogP contribution in [0, 0.1) is 11.3 Å². The van der Waals surface area contributed by atoms with Gasteiger partial charge in [0, 0.05) is 11.0 Å². The summed E-state index contributed by atoms with van der Waals surface area (Å²) in [5.41, 5.74) is 1.53. The molecule has 0 saturated carbocycles. The Morgan fingerprint density at radius 1 is 1.23 bits per heavy atom. The minimum atomic E-state index is -0.584. The summed E-state index contributed by atoms with van der Waals surface area (Å²) in [7, 11) is 0. The zero-order chi connectivity index (χ0) is 15.9. The molecule has 1 unspecified atom stereocenters. The molecule has 1 amide bonds. The lowest BCUT2D eigenvalue weighted by molar-refractivity contribution is -0.127. The minimum absolute atomic E-state index is 0.188. The third-order valence-corrected chi connectivity index (χ3v) is 3.57. The highest BCUT2D eigenvalue weighted by Crippen LogP contribution is 2.17. The Hall–Kier alpha value is -2.32. The quantitative estimate of drug-likeness (QED) is 0.890. The predicted octanol–water partition coefficient (Wildman–Crippen LogP) is 3.40. The summed E-state index contributed by atoms with van der Waals surface area (Å²) in [5.74, 6) is 0.455. The lowest BCUT2D eigenvalue weighted by atomic mass is 10.1. The highest BCUT2D eigenvalue weighted by molar-refractivity contribution is 9.10. The summed E-state index contributed by atoms with van der Waals surface area (Å²) in [6.45, 7) is 2.11. The molecule has 0 aromatic heterocycles. The van der Waals surface area contributed by atoms with E-state index in [1.165, 1.54) is 0 Å². The highest BCUT2D eigenvalue weighted by Gasteiger charge is 2.14. The molecule has 2 aromatic carbocycles. The Bertz CT molecular complexity index is 675. The third kappa shape index (κ3) is 4.61. The van der Waals surface area contributed by atoms with Gasteiger partial charge in [-0.15, -0.1) is 0 Å². The average Bonchev–Trinajstić information content (AvgIpc) is 2.55. The Morgan fingerprint density at radius 3 is 2.45 bits per heavy atom. The van der Waals surface area contributed by atoms with Crippen molar-refractivity contribution in [2.75, 3.05) is 0 Å². The molecule has 1 N–H and O–H groups in total. The van der Waals surface area contributed by atoms with Crippen LogP contribution < -0.4 is 10.1 Å². The molecule has 22 heavy (non-hydrogen) atoms. The van der Waals surface area contributed by atoms with E-state index in [2.05, 4.69) is 27.3 Å². The largest absolute Gasteiger partial charge is 0.481 e. The number of amides is 1. The van der Waals surface area contributed by atoms with Crippen molar-refractivity contribution in [2.24, 2.45) is 0 Å². The summed E-state index contributed by atoms with van der Waals surface area (Å²) in [6.07, 6.45) is -0.584. The van der Waals surface area contributed by atoms with E-state index < -0.39 is 6.10 Å². The second kappa shape index (κ2) is 7.62. The van der Waals surface area contributed by atoms with Crippen molar-refractivity contribution < 1.29 is 9.53 Å². The van der Waals surface area contributed by atoms with Gasteiger partial charge in [-0.1, -0.05) is 28.1 Å². The number of nitriles is 1. The number of rotatable bonds is 5. The summed E-state index contributed by atoms with van der Waals surface area (Å²) in [5, 5.41) is 11.5. The Morgan fingerprint density at radius 2 is 1.86 bits per heavy atom. The molecule has 0 radical (unpaired) electrons. The normalized spacial score (nSPS) is 11.3. The second-order valence-electron chi connectivity index (χ2n) is 4.74. The van der Waals surface area contributed by atoms with Crippen LogP contribution in [0.1, 0.15) is 18.1 Å². The van der Waals surface area contributed by atoms with Crippen molar-refractivity contribution in [2.45, 2.75) is 19.6 Å². The number of carbonyl (C=O) groups is 1. The number of nitrogens with zero attached hydrogens (tertiary/aromatic N) is 1. The van der Waals surface area contributed by atoms with E-state index >= 15 is 0 Å². The van der Waals surface area contributed by atoms with E-state index in [-0.39, 0.29) is 5.91 Å². The van der Waals surface area contributed by atoms with Gasteiger partial charge in [-0.25, -0.2) is 0 Å². The molecule has 0 fully saturated rings. The fourth-order valence-electron chi connectivity index (χ4n) is 1.80. The Balaban J connectivity index is 1.85. The zero-order valence-corrected chi connectivity index (χ0v) is 13.6. The number of nitrogens with one attached hydrogen (secondary N) is 1. The maximum atomic E-state index is 12.0. The van der Waals surface area contributed by atoms with Crippen LogP contribution in [0.5, 0.6) is 5.75 Å². The third-order valence-electron chi connectivity index (χ3n) is 3.05. The summed E-state index contributed by atoms with van der Waals surface area (Å²) in [6, 6.07) is 16.5. The molecular formula is C17H15BrN2O2. The first-order valence-corrected chi connectivity index (χ1v) is 7.57. The van der Waals surface area contributed by atoms with E-state index in [1.54, 1.807) is 31.2 Å². The van der Waals surface area contributed by atoms with Crippen LogP contribution in [0.15, 0.2) is 53.0 Å². The van der Waals surface area contributed by atoms with E-state index in [4.69, 9.17) is 10.00 Å². The standard InChI is InChI=1S/C17H15BrN2O2/c1-12(22-16-8-6-15(18)7-9-16)17(21)20-11-14-4-2-13(10-19)3-5-14/h2-9,12H,11H2,1H3,(H,20,21). The molecule has 0 aliphatic carbocycles. The number of hydrogen-bond acceptors (Lipinski definition) is 3. The molecule has 0 aliphatic heterocycles. The number of ether oxygens (including phenoxy) is 1. The second-order valence-corrected chi connectivity index (χ2v) is 5.66. The van der Waals surface area contributed by atoms with E-state index in [0.29, 0.717) is 17.9 Å². The first-order chi connectivity index (χ1) is 10.6. The van der Waals surface area contributed by atoms with Gasteiger partial charge in [0.05, 0.1) is 11.6 Å². The molecule has 1 atom stereocenters. The number of benzene rings is 2. The molecule has 2 rings (SSSR count). The molecule has 0 heterocycles. The zero-order valence-electron chi connectivity index (χ0n) is 12.0. The van der Waals surface area contributed by atoms with Gasteiger partial charge >= 0.3 is 0 Å². The van der Waals surface area contributed by atoms with Gasteiger partial charge in [0.1, 0.15) is 5.75 Å². The van der Waals surface area contributed by atoms with Crippen molar-refractivity contribution in [3.8, 4) is 11.8 Å². The Kier molecular flexibility index (Phi) is 5.56. The van der Waals surface area contributed by atoms with Crippen LogP contribution in [0.25, 0.3) is 0 Å². The highest BCUT2D eigenvalue weighted by atomic mass is 79.9. The van der Waals surface area contributed by atoms with Crippen molar-refractivity contribution in [1.29, 1.82) is 5.26 Å². The molecule has 2 aromatic rings. The van der Waals surface area contributed by atoms with Crippen LogP contribution in [0.3, 0.4) is 0 Å². The van der Waals surface area contributed by atoms with Crippen molar-refractivity contribution in [3.05, 3.63) is 64.1 Å². The molecule has 0 aliphatic rings. The number of halogens is 1. The van der Waals surface area contributed by atoms with E-state index in [1.807, 2.05) is 24.3 Å². The minimum Gasteiger partial charge on any atom is -0.481 e. The predicted molar refractivity (Wildman–Crippen MR) is 87.2 cm³/mol. The monoisotopic (exact) mass is 358 g/mol. The van der Waals surface area contributed by atoms with Gasteiger partial charge in [-0.2, -0.15) is 5.26 Å². The number of hydrogen-bond donors (Lipinski definition) is 1. The average molecular weight is 359 g/mol. The van der Waals surface area contributed by atoms with Gasteiger partial charge in [0.15, 0.2) is 6.10 Å². The SMILES string of the molecule is CC(Oc1ccc(Br)cc1)C(=O)NCc1ccc(C#N)cc1. The molecule has 112 valence electrons. The van der Waals surface area contributed by atoms with Crippen molar-refractivity contribution in [3.63, 3.8) is 0 Å². The van der Waals surface area contributed by atoms with Crippen LogP contribution in [0.2, 0.25) is 0 Å². The first kappa shape index (κ1) is 16.1. The van der Waals surface area contributed by atoms with E-state index in [9.17, 15) is 4.79 Å². The maximum Gasteiger partial charge on any atom is 0.261 e. The van der Waals surface area contributed by atoms with Crippen LogP contribution >= 0.6 is 15.9 Å². The maximum absolute atomic E-state index is 12.0. The molecule has 4 nitrogen and oxygen atoms in total. The van der Waals surface area contributed by atoms with Gasteiger partial charge < -0.3 is 10.1 Å². The molecule has 0 saturated heterocycles. The molecule has 0 bridgehead atoms. The van der Waals surface area contributed by atoms with Crippen LogP contribution in [-0.4, -0.2) is 12.0 Å². The number of carbonyl (C=O) groups excluding carboxylic acids is 1. The van der Waals surface area contributed by atoms with Crippen molar-refractivity contribution >= 4 is 21.8 Å². The summed E-state index contributed by atoms with van der Waals surface area (Å²) in [4.78, 5) is 12.0.